The van der Waals surface area contributed by atoms with Crippen molar-refractivity contribution in [3.63, 3.8) is 0 Å². The van der Waals surface area contributed by atoms with Crippen molar-refractivity contribution < 1.29 is 13.2 Å². The van der Waals surface area contributed by atoms with Gasteiger partial charge < -0.3 is 4.90 Å². The third kappa shape index (κ3) is 4.83. The van der Waals surface area contributed by atoms with Crippen LogP contribution in [-0.2, 0) is 16.4 Å². The number of amides is 1. The van der Waals surface area contributed by atoms with Crippen molar-refractivity contribution in [3.8, 4) is 0 Å². The van der Waals surface area contributed by atoms with Crippen molar-refractivity contribution in [2.24, 2.45) is 0 Å². The summed E-state index contributed by atoms with van der Waals surface area (Å²) in [6.07, 6.45) is 6.15. The zero-order valence-corrected chi connectivity index (χ0v) is 18.9. The Morgan fingerprint density at radius 2 is 1.77 bits per heavy atom. The fraction of sp³-hybridized carbons (Fsp3) is 0.375. The van der Waals surface area contributed by atoms with E-state index in [9.17, 15) is 13.2 Å². The molecule has 1 amide bonds. The van der Waals surface area contributed by atoms with E-state index >= 15 is 0 Å². The van der Waals surface area contributed by atoms with Gasteiger partial charge in [0.25, 0.3) is 5.91 Å². The van der Waals surface area contributed by atoms with Crippen molar-refractivity contribution in [2.45, 2.75) is 19.4 Å². The fourth-order valence-electron chi connectivity index (χ4n) is 4.46. The predicted molar refractivity (Wildman–Crippen MR) is 125 cm³/mol. The summed E-state index contributed by atoms with van der Waals surface area (Å²) in [5.74, 6) is 0.0211. The van der Waals surface area contributed by atoms with Gasteiger partial charge in [0.15, 0.2) is 0 Å². The second-order valence-corrected chi connectivity index (χ2v) is 10.2. The fourth-order valence-corrected chi connectivity index (χ4v) is 5.72. The van der Waals surface area contributed by atoms with E-state index in [2.05, 4.69) is 29.2 Å². The molecule has 0 bridgehead atoms. The summed E-state index contributed by atoms with van der Waals surface area (Å²) in [6, 6.07) is 15.5. The van der Waals surface area contributed by atoms with Gasteiger partial charge in [0.2, 0.25) is 10.0 Å². The van der Waals surface area contributed by atoms with Crippen LogP contribution in [-0.4, -0.2) is 69.1 Å². The molecule has 164 valence electrons. The highest BCUT2D eigenvalue weighted by Crippen LogP contribution is 2.35. The molecule has 1 fully saturated rings. The average Bonchev–Trinajstić information content (AvgIpc) is 3.09. The van der Waals surface area contributed by atoms with Gasteiger partial charge in [-0.25, -0.2) is 8.42 Å². The van der Waals surface area contributed by atoms with E-state index in [-0.39, 0.29) is 11.9 Å². The number of carbonyl (C=O) groups excluding carboxylic acids is 1. The van der Waals surface area contributed by atoms with Gasteiger partial charge in [0, 0.05) is 44.3 Å². The molecule has 2 aliphatic rings. The van der Waals surface area contributed by atoms with Crippen molar-refractivity contribution in [1.29, 1.82) is 0 Å². The Morgan fingerprint density at radius 1 is 1.06 bits per heavy atom. The van der Waals surface area contributed by atoms with Crippen molar-refractivity contribution in [3.05, 3.63) is 71.3 Å². The molecule has 2 aromatic rings. The SMILES string of the molecule is C[C@@H]1Cc2cc(C(=O)N3CCN(C/C=C/c4ccccc4)CC3)ccc2N1S(C)(=O)=O. The van der Waals surface area contributed by atoms with Crippen LogP contribution in [0.3, 0.4) is 0 Å². The van der Waals surface area contributed by atoms with E-state index in [1.54, 1.807) is 12.1 Å². The largest absolute Gasteiger partial charge is 0.336 e. The summed E-state index contributed by atoms with van der Waals surface area (Å²) in [7, 11) is -3.32. The van der Waals surface area contributed by atoms with Crippen LogP contribution < -0.4 is 4.31 Å². The first-order valence-corrected chi connectivity index (χ1v) is 12.5. The molecule has 1 saturated heterocycles. The van der Waals surface area contributed by atoms with Crippen molar-refractivity contribution in [2.75, 3.05) is 43.3 Å². The summed E-state index contributed by atoms with van der Waals surface area (Å²) in [4.78, 5) is 17.3. The topological polar surface area (TPSA) is 60.9 Å². The quantitative estimate of drug-likeness (QED) is 0.719. The standard InChI is InChI=1S/C24H29N3O3S/c1-19-17-22-18-21(10-11-23(22)27(19)31(2,29)30)24(28)26-15-13-25(14-16-26)12-6-9-20-7-4-3-5-8-20/h3-11,18-19H,12-17H2,1-2H3/b9-6+/t19-/m1/s1. The highest BCUT2D eigenvalue weighted by atomic mass is 32.2. The summed E-state index contributed by atoms with van der Waals surface area (Å²) in [5, 5.41) is 0. The van der Waals surface area contributed by atoms with Crippen LogP contribution in [0.4, 0.5) is 5.69 Å². The Bertz CT molecular complexity index is 1070. The lowest BCUT2D eigenvalue weighted by Crippen LogP contribution is -2.48. The number of carbonyl (C=O) groups is 1. The van der Waals surface area contributed by atoms with Crippen molar-refractivity contribution >= 4 is 27.7 Å². The van der Waals surface area contributed by atoms with Crippen LogP contribution in [0.15, 0.2) is 54.6 Å². The second kappa shape index (κ2) is 8.85. The maximum Gasteiger partial charge on any atom is 0.253 e. The number of hydrogen-bond donors (Lipinski definition) is 0. The summed E-state index contributed by atoms with van der Waals surface area (Å²) in [5.41, 5.74) is 3.45. The number of sulfonamides is 1. The summed E-state index contributed by atoms with van der Waals surface area (Å²) in [6.45, 7) is 5.84. The molecule has 0 unspecified atom stereocenters. The number of anilines is 1. The van der Waals surface area contributed by atoms with Gasteiger partial charge in [-0.2, -0.15) is 0 Å². The van der Waals surface area contributed by atoms with Crippen molar-refractivity contribution in [1.82, 2.24) is 9.80 Å². The number of benzene rings is 2. The first-order chi connectivity index (χ1) is 14.8. The molecule has 0 radical (unpaired) electrons. The molecule has 6 nitrogen and oxygen atoms in total. The number of nitrogens with zero attached hydrogens (tertiary/aromatic N) is 3. The predicted octanol–water partition coefficient (Wildman–Crippen LogP) is 2.87. The number of rotatable bonds is 5. The third-order valence-corrected chi connectivity index (χ3v) is 7.24. The lowest BCUT2D eigenvalue weighted by molar-refractivity contribution is 0.0650. The molecule has 1 atom stereocenters. The molecule has 0 saturated carbocycles. The Morgan fingerprint density at radius 3 is 2.45 bits per heavy atom. The van der Waals surface area contributed by atoms with Gasteiger partial charge in [-0.05, 0) is 42.7 Å². The minimum absolute atomic E-state index is 0.0211. The maximum absolute atomic E-state index is 13.0. The molecule has 0 aromatic heterocycles. The smallest absolute Gasteiger partial charge is 0.253 e. The average molecular weight is 440 g/mol. The van der Waals surface area contributed by atoms with Crippen LogP contribution in [0.1, 0.15) is 28.4 Å². The van der Waals surface area contributed by atoms with Crippen LogP contribution in [0.5, 0.6) is 0 Å². The molecule has 0 aliphatic carbocycles. The van der Waals surface area contributed by atoms with Gasteiger partial charge in [-0.3, -0.25) is 14.0 Å². The van der Waals surface area contributed by atoms with Gasteiger partial charge in [-0.15, -0.1) is 0 Å². The van der Waals surface area contributed by atoms with Crippen LogP contribution in [0.25, 0.3) is 6.08 Å². The Labute approximate surface area is 184 Å². The van der Waals surface area contributed by atoms with E-state index in [1.807, 2.05) is 36.1 Å². The monoisotopic (exact) mass is 439 g/mol. The van der Waals surface area contributed by atoms with Gasteiger partial charge >= 0.3 is 0 Å². The molecule has 7 heteroatoms. The Kier molecular flexibility index (Phi) is 6.16. The van der Waals surface area contributed by atoms with Crippen LogP contribution in [0.2, 0.25) is 0 Å². The molecule has 0 N–H and O–H groups in total. The van der Waals surface area contributed by atoms with E-state index in [4.69, 9.17) is 0 Å². The Hall–Kier alpha value is -2.64. The highest BCUT2D eigenvalue weighted by molar-refractivity contribution is 7.92. The van der Waals surface area contributed by atoms with Gasteiger partial charge in [0.1, 0.15) is 0 Å². The molecule has 2 heterocycles. The lowest BCUT2D eigenvalue weighted by Gasteiger charge is -2.34. The zero-order valence-electron chi connectivity index (χ0n) is 18.1. The normalized spacial score (nSPS) is 19.7. The molecular weight excluding hydrogens is 410 g/mol. The van der Waals surface area contributed by atoms with Crippen LogP contribution >= 0.6 is 0 Å². The molecular formula is C24H29N3O3S. The highest BCUT2D eigenvalue weighted by Gasteiger charge is 2.33. The van der Waals surface area contributed by atoms with E-state index in [0.29, 0.717) is 30.8 Å². The number of hydrogen-bond acceptors (Lipinski definition) is 4. The maximum atomic E-state index is 13.0. The minimum Gasteiger partial charge on any atom is -0.336 e. The molecule has 4 rings (SSSR count). The lowest BCUT2D eigenvalue weighted by atomic mass is 10.1. The molecule has 0 spiro atoms. The third-order valence-electron chi connectivity index (χ3n) is 5.97. The number of fused-ring (bicyclic) bond motifs is 1. The summed E-state index contributed by atoms with van der Waals surface area (Å²) >= 11 is 0. The zero-order chi connectivity index (χ0) is 22.0. The first-order valence-electron chi connectivity index (χ1n) is 10.7. The molecule has 2 aliphatic heterocycles. The first kappa shape index (κ1) is 21.6. The summed E-state index contributed by atoms with van der Waals surface area (Å²) < 4.78 is 25.7. The van der Waals surface area contributed by atoms with E-state index in [0.717, 1.165) is 25.2 Å². The number of piperazine rings is 1. The minimum atomic E-state index is -3.32. The van der Waals surface area contributed by atoms with Gasteiger partial charge in [0.05, 0.1) is 11.9 Å². The van der Waals surface area contributed by atoms with Gasteiger partial charge in [-0.1, -0.05) is 42.5 Å². The van der Waals surface area contributed by atoms with Crippen LogP contribution in [0, 0.1) is 0 Å². The molecule has 31 heavy (non-hydrogen) atoms. The van der Waals surface area contributed by atoms with E-state index < -0.39 is 10.0 Å². The van der Waals surface area contributed by atoms with E-state index in [1.165, 1.54) is 16.1 Å². The second-order valence-electron chi connectivity index (χ2n) is 8.36. The Balaban J connectivity index is 1.35. The molecule has 2 aromatic carbocycles.